The van der Waals surface area contributed by atoms with E-state index in [1.165, 1.54) is 25.7 Å². The van der Waals surface area contributed by atoms with Crippen LogP contribution >= 0.6 is 0 Å². The van der Waals surface area contributed by atoms with Gasteiger partial charge in [-0.25, -0.2) is 8.42 Å². The molecule has 0 aliphatic heterocycles. The van der Waals surface area contributed by atoms with Crippen LogP contribution in [0.5, 0.6) is 0 Å². The van der Waals surface area contributed by atoms with Crippen LogP contribution in [0.1, 0.15) is 72.1 Å². The van der Waals surface area contributed by atoms with Crippen LogP contribution in [0.15, 0.2) is 0 Å². The molecule has 0 radical (unpaired) electrons. The predicted molar refractivity (Wildman–Crippen MR) is 86.8 cm³/mol. The van der Waals surface area contributed by atoms with Crippen molar-refractivity contribution in [3.8, 4) is 0 Å². The number of hydrogen-bond donors (Lipinski definition) is 1. The molecule has 0 saturated heterocycles. The molecule has 4 heteroatoms. The van der Waals surface area contributed by atoms with E-state index in [9.17, 15) is 8.42 Å². The Hall–Kier alpha value is -0.0900. The van der Waals surface area contributed by atoms with Gasteiger partial charge >= 0.3 is 0 Å². The summed E-state index contributed by atoms with van der Waals surface area (Å²) in [6.45, 7) is 7.37. The molecule has 1 N–H and O–H groups in total. The maximum atomic E-state index is 12.0. The Bertz CT molecular complexity index is 363. The number of sulfone groups is 1. The molecule has 3 nitrogen and oxygen atoms in total. The number of nitrogens with one attached hydrogen (secondary N) is 1. The molecule has 1 saturated carbocycles. The van der Waals surface area contributed by atoms with Crippen molar-refractivity contribution in [1.29, 1.82) is 0 Å². The zero-order valence-corrected chi connectivity index (χ0v) is 14.4. The second kappa shape index (κ2) is 8.38. The summed E-state index contributed by atoms with van der Waals surface area (Å²) in [4.78, 5) is 0. The minimum absolute atomic E-state index is 0.180. The first-order valence-electron chi connectivity index (χ1n) is 8.40. The predicted octanol–water partition coefficient (Wildman–Crippen LogP) is 3.54. The van der Waals surface area contributed by atoms with E-state index in [1.807, 2.05) is 6.92 Å². The van der Waals surface area contributed by atoms with Gasteiger partial charge in [-0.15, -0.1) is 0 Å². The van der Waals surface area contributed by atoms with Crippen molar-refractivity contribution in [2.75, 3.05) is 18.1 Å². The second-order valence-electron chi connectivity index (χ2n) is 6.51. The first-order chi connectivity index (χ1) is 9.47. The van der Waals surface area contributed by atoms with Crippen molar-refractivity contribution in [3.05, 3.63) is 0 Å². The van der Waals surface area contributed by atoms with E-state index in [2.05, 4.69) is 19.2 Å². The molecule has 0 aromatic heterocycles. The minimum Gasteiger partial charge on any atom is -0.313 e. The first kappa shape index (κ1) is 18.0. The summed E-state index contributed by atoms with van der Waals surface area (Å²) >= 11 is 0. The third-order valence-electron chi connectivity index (χ3n) is 4.61. The Labute approximate surface area is 125 Å². The number of rotatable bonds is 12. The van der Waals surface area contributed by atoms with Gasteiger partial charge in [0, 0.05) is 18.3 Å². The van der Waals surface area contributed by atoms with Gasteiger partial charge in [-0.05, 0) is 43.9 Å². The van der Waals surface area contributed by atoms with Crippen LogP contribution in [-0.4, -0.2) is 32.5 Å². The van der Waals surface area contributed by atoms with Crippen molar-refractivity contribution in [2.24, 2.45) is 5.41 Å². The Kier molecular flexibility index (Phi) is 7.52. The highest BCUT2D eigenvalue weighted by Crippen LogP contribution is 2.34. The van der Waals surface area contributed by atoms with Gasteiger partial charge in [-0.2, -0.15) is 0 Å². The highest BCUT2D eigenvalue weighted by Gasteiger charge is 2.31. The lowest BCUT2D eigenvalue weighted by Crippen LogP contribution is -2.37. The summed E-state index contributed by atoms with van der Waals surface area (Å²) in [6, 6.07) is 0.704. The molecule has 1 unspecified atom stereocenters. The van der Waals surface area contributed by atoms with E-state index in [-0.39, 0.29) is 5.41 Å². The van der Waals surface area contributed by atoms with Gasteiger partial charge in [0.1, 0.15) is 9.84 Å². The van der Waals surface area contributed by atoms with Gasteiger partial charge in [0.25, 0.3) is 0 Å². The molecule has 20 heavy (non-hydrogen) atoms. The van der Waals surface area contributed by atoms with Gasteiger partial charge in [0.2, 0.25) is 0 Å². The van der Waals surface area contributed by atoms with E-state index in [4.69, 9.17) is 0 Å². The molecule has 1 fully saturated rings. The summed E-state index contributed by atoms with van der Waals surface area (Å²) in [6.07, 6.45) is 8.77. The second-order valence-corrected chi connectivity index (χ2v) is 8.82. The van der Waals surface area contributed by atoms with Crippen LogP contribution in [0.4, 0.5) is 0 Å². The monoisotopic (exact) mass is 303 g/mol. The van der Waals surface area contributed by atoms with E-state index in [1.54, 1.807) is 0 Å². The first-order valence-corrected chi connectivity index (χ1v) is 10.2. The van der Waals surface area contributed by atoms with Crippen molar-refractivity contribution in [1.82, 2.24) is 5.32 Å². The fraction of sp³-hybridized carbons (Fsp3) is 1.00. The number of unbranched alkanes of at least 4 members (excludes halogenated alkanes) is 1. The van der Waals surface area contributed by atoms with Gasteiger partial charge in [-0.1, -0.05) is 33.6 Å². The zero-order chi connectivity index (χ0) is 15.1. The van der Waals surface area contributed by atoms with Crippen molar-refractivity contribution >= 4 is 9.84 Å². The highest BCUT2D eigenvalue weighted by molar-refractivity contribution is 7.91. The van der Waals surface area contributed by atoms with E-state index in [0.717, 1.165) is 32.2 Å². The Morgan fingerprint density at radius 3 is 2.25 bits per heavy atom. The molecular formula is C16H33NO2S. The van der Waals surface area contributed by atoms with Gasteiger partial charge in [0.05, 0.1) is 5.75 Å². The van der Waals surface area contributed by atoms with Crippen LogP contribution < -0.4 is 5.32 Å². The summed E-state index contributed by atoms with van der Waals surface area (Å²) in [5.41, 5.74) is 0.180. The van der Waals surface area contributed by atoms with Gasteiger partial charge < -0.3 is 5.32 Å². The molecule has 1 rings (SSSR count). The fourth-order valence-corrected chi connectivity index (χ4v) is 4.34. The lowest BCUT2D eigenvalue weighted by Gasteiger charge is -2.33. The Balaban J connectivity index is 2.58. The SMILES string of the molecule is CCCCC(CC)(CCS(=O)(=O)CCC)CNC1CC1. The quantitative estimate of drug-likeness (QED) is 0.600. The molecule has 1 aliphatic carbocycles. The standard InChI is InChI=1S/C16H33NO2S/c1-4-7-10-16(6-3,14-17-15-8-9-15)11-13-20(18,19)12-5-2/h15,17H,4-14H2,1-3H3. The molecule has 0 spiro atoms. The minimum atomic E-state index is -2.85. The molecule has 0 aromatic carbocycles. The van der Waals surface area contributed by atoms with E-state index < -0.39 is 9.84 Å². The summed E-state index contributed by atoms with van der Waals surface area (Å²) in [7, 11) is -2.85. The lowest BCUT2D eigenvalue weighted by molar-refractivity contribution is 0.221. The average Bonchev–Trinajstić information content (AvgIpc) is 3.23. The summed E-state index contributed by atoms with van der Waals surface area (Å²) in [5.74, 6) is 0.710. The van der Waals surface area contributed by atoms with E-state index in [0.29, 0.717) is 17.5 Å². The molecule has 0 amide bonds. The maximum Gasteiger partial charge on any atom is 0.150 e. The van der Waals surface area contributed by atoms with Crippen molar-refractivity contribution in [2.45, 2.75) is 78.2 Å². The third-order valence-corrected chi connectivity index (χ3v) is 6.47. The highest BCUT2D eigenvalue weighted by atomic mass is 32.2. The topological polar surface area (TPSA) is 46.2 Å². The van der Waals surface area contributed by atoms with Crippen LogP contribution in [0, 0.1) is 5.41 Å². The largest absolute Gasteiger partial charge is 0.313 e. The molecule has 0 aromatic rings. The zero-order valence-electron chi connectivity index (χ0n) is 13.6. The van der Waals surface area contributed by atoms with Gasteiger partial charge in [-0.3, -0.25) is 0 Å². The molecular weight excluding hydrogens is 270 g/mol. The van der Waals surface area contributed by atoms with Crippen LogP contribution in [0.2, 0.25) is 0 Å². The normalized spacial score (nSPS) is 18.9. The number of hydrogen-bond acceptors (Lipinski definition) is 3. The summed E-state index contributed by atoms with van der Waals surface area (Å²) in [5, 5.41) is 3.63. The Morgan fingerprint density at radius 2 is 1.75 bits per heavy atom. The molecule has 1 aliphatic rings. The van der Waals surface area contributed by atoms with Gasteiger partial charge in [0.15, 0.2) is 0 Å². The van der Waals surface area contributed by atoms with Crippen LogP contribution in [-0.2, 0) is 9.84 Å². The van der Waals surface area contributed by atoms with Crippen molar-refractivity contribution < 1.29 is 8.42 Å². The fourth-order valence-electron chi connectivity index (χ4n) is 2.77. The lowest BCUT2D eigenvalue weighted by atomic mass is 9.77. The summed E-state index contributed by atoms with van der Waals surface area (Å²) < 4.78 is 24.0. The van der Waals surface area contributed by atoms with Crippen LogP contribution in [0.3, 0.4) is 0 Å². The maximum absolute atomic E-state index is 12.0. The molecule has 0 heterocycles. The molecule has 0 bridgehead atoms. The third kappa shape index (κ3) is 6.57. The smallest absolute Gasteiger partial charge is 0.150 e. The molecule has 120 valence electrons. The molecule has 1 atom stereocenters. The van der Waals surface area contributed by atoms with E-state index >= 15 is 0 Å². The van der Waals surface area contributed by atoms with Crippen LogP contribution in [0.25, 0.3) is 0 Å². The average molecular weight is 304 g/mol. The van der Waals surface area contributed by atoms with Crippen molar-refractivity contribution in [3.63, 3.8) is 0 Å². The Morgan fingerprint density at radius 1 is 1.05 bits per heavy atom.